The number of pyridine rings is 1. The van der Waals surface area contributed by atoms with E-state index in [4.69, 9.17) is 0 Å². The molecule has 1 atom stereocenters. The van der Waals surface area contributed by atoms with E-state index in [1.807, 2.05) is 45.0 Å². The fraction of sp³-hybridized carbons (Fsp3) is 0.375. The maximum atomic E-state index is 12.0. The van der Waals surface area contributed by atoms with Crippen LogP contribution in [0.3, 0.4) is 0 Å². The summed E-state index contributed by atoms with van der Waals surface area (Å²) in [4.78, 5) is 26.8. The number of carbonyl (C=O) groups is 1. The van der Waals surface area contributed by atoms with Gasteiger partial charge in [0.25, 0.3) is 5.56 Å². The molecule has 1 aromatic carbocycles. The Morgan fingerprint density at radius 1 is 1.24 bits per heavy atom. The van der Waals surface area contributed by atoms with E-state index >= 15 is 0 Å². The Hall–Kier alpha value is -2.30. The number of aromatic amines is 1. The summed E-state index contributed by atoms with van der Waals surface area (Å²) in [6.45, 7) is 7.54. The fourth-order valence-electron chi connectivity index (χ4n) is 2.07. The second-order valence-corrected chi connectivity index (χ2v) is 6.20. The molecule has 0 aliphatic rings. The maximum Gasteiger partial charge on any atom is 0.257 e. The number of anilines is 1. The van der Waals surface area contributed by atoms with Crippen LogP contribution in [0, 0.1) is 0 Å². The minimum absolute atomic E-state index is 0.114. The summed E-state index contributed by atoms with van der Waals surface area (Å²) in [6, 6.07) is 8.73. The van der Waals surface area contributed by atoms with E-state index in [2.05, 4.69) is 15.6 Å². The van der Waals surface area contributed by atoms with E-state index in [1.165, 1.54) is 0 Å². The quantitative estimate of drug-likeness (QED) is 0.810. The Morgan fingerprint density at radius 2 is 1.90 bits per heavy atom. The van der Waals surface area contributed by atoms with Gasteiger partial charge < -0.3 is 15.6 Å². The topological polar surface area (TPSA) is 74.0 Å². The first-order valence-electron chi connectivity index (χ1n) is 6.97. The van der Waals surface area contributed by atoms with Crippen LogP contribution in [-0.4, -0.2) is 22.5 Å². The van der Waals surface area contributed by atoms with Gasteiger partial charge in [-0.25, -0.2) is 0 Å². The van der Waals surface area contributed by atoms with Gasteiger partial charge in [0.2, 0.25) is 5.91 Å². The molecule has 5 nitrogen and oxygen atoms in total. The second kappa shape index (κ2) is 5.60. The monoisotopic (exact) mass is 287 g/mol. The molecule has 1 unspecified atom stereocenters. The summed E-state index contributed by atoms with van der Waals surface area (Å²) in [6.07, 6.45) is 0. The van der Waals surface area contributed by atoms with Gasteiger partial charge in [0.1, 0.15) is 11.9 Å². The molecule has 0 saturated heterocycles. The Kier molecular flexibility index (Phi) is 4.02. The van der Waals surface area contributed by atoms with E-state index in [0.29, 0.717) is 11.2 Å². The van der Waals surface area contributed by atoms with Crippen LogP contribution in [-0.2, 0) is 4.79 Å². The van der Waals surface area contributed by atoms with Crippen LogP contribution in [0.15, 0.2) is 35.1 Å². The lowest BCUT2D eigenvalue weighted by molar-refractivity contribution is -0.122. The molecule has 0 aliphatic heterocycles. The first-order valence-corrected chi connectivity index (χ1v) is 6.97. The predicted molar refractivity (Wildman–Crippen MR) is 85.5 cm³/mol. The molecule has 0 fully saturated rings. The van der Waals surface area contributed by atoms with Crippen molar-refractivity contribution in [3.8, 4) is 0 Å². The third-order valence-corrected chi connectivity index (χ3v) is 3.02. The van der Waals surface area contributed by atoms with E-state index < -0.39 is 6.04 Å². The van der Waals surface area contributed by atoms with Gasteiger partial charge in [-0.1, -0.05) is 18.2 Å². The molecule has 3 N–H and O–H groups in total. The highest BCUT2D eigenvalue weighted by Crippen LogP contribution is 2.13. The van der Waals surface area contributed by atoms with Crippen molar-refractivity contribution in [3.63, 3.8) is 0 Å². The van der Waals surface area contributed by atoms with Gasteiger partial charge in [-0.3, -0.25) is 9.59 Å². The molecule has 0 aliphatic carbocycles. The Bertz CT molecular complexity index is 713. The minimum Gasteiger partial charge on any atom is -0.360 e. The highest BCUT2D eigenvalue weighted by molar-refractivity contribution is 5.87. The van der Waals surface area contributed by atoms with Crippen molar-refractivity contribution in [1.82, 2.24) is 10.3 Å². The average Bonchev–Trinajstić information content (AvgIpc) is 2.36. The van der Waals surface area contributed by atoms with Crippen molar-refractivity contribution in [2.45, 2.75) is 39.3 Å². The first kappa shape index (κ1) is 15.1. The summed E-state index contributed by atoms with van der Waals surface area (Å²) in [7, 11) is 0. The predicted octanol–water partition coefficient (Wildman–Crippen LogP) is 2.24. The average molecular weight is 287 g/mol. The Labute approximate surface area is 123 Å². The van der Waals surface area contributed by atoms with E-state index in [9.17, 15) is 9.59 Å². The number of fused-ring (bicyclic) bond motifs is 1. The number of benzene rings is 1. The third-order valence-electron chi connectivity index (χ3n) is 3.02. The molecule has 1 amide bonds. The van der Waals surface area contributed by atoms with Gasteiger partial charge in [0.05, 0.1) is 0 Å². The number of amides is 1. The lowest BCUT2D eigenvalue weighted by atomic mass is 10.1. The molecule has 21 heavy (non-hydrogen) atoms. The fourth-order valence-corrected chi connectivity index (χ4v) is 2.07. The van der Waals surface area contributed by atoms with Gasteiger partial charge in [0.15, 0.2) is 0 Å². The molecule has 0 spiro atoms. The zero-order chi connectivity index (χ0) is 15.6. The SMILES string of the molecule is CC(Nc1cc2ccccc2c(=O)[nH]1)C(=O)NC(C)(C)C. The van der Waals surface area contributed by atoms with Crippen LogP contribution in [0.25, 0.3) is 10.8 Å². The number of hydrogen-bond acceptors (Lipinski definition) is 3. The number of carbonyl (C=O) groups excluding carboxylic acids is 1. The van der Waals surface area contributed by atoms with E-state index in [-0.39, 0.29) is 17.0 Å². The molecule has 0 bridgehead atoms. The smallest absolute Gasteiger partial charge is 0.257 e. The van der Waals surface area contributed by atoms with Crippen LogP contribution in [0.4, 0.5) is 5.82 Å². The van der Waals surface area contributed by atoms with Crippen molar-refractivity contribution >= 4 is 22.5 Å². The zero-order valence-corrected chi connectivity index (χ0v) is 12.8. The molecule has 112 valence electrons. The van der Waals surface area contributed by atoms with Crippen LogP contribution in [0.2, 0.25) is 0 Å². The van der Waals surface area contributed by atoms with E-state index in [1.54, 1.807) is 13.0 Å². The molecule has 0 radical (unpaired) electrons. The minimum atomic E-state index is -0.443. The molecule has 1 heterocycles. The molecule has 2 rings (SSSR count). The highest BCUT2D eigenvalue weighted by Gasteiger charge is 2.19. The van der Waals surface area contributed by atoms with Gasteiger partial charge in [-0.15, -0.1) is 0 Å². The van der Waals surface area contributed by atoms with Crippen LogP contribution in [0.5, 0.6) is 0 Å². The van der Waals surface area contributed by atoms with Gasteiger partial charge in [-0.2, -0.15) is 0 Å². The maximum absolute atomic E-state index is 12.0. The van der Waals surface area contributed by atoms with Crippen molar-refractivity contribution in [3.05, 3.63) is 40.7 Å². The normalized spacial score (nSPS) is 13.0. The lowest BCUT2D eigenvalue weighted by Crippen LogP contribution is -2.47. The Morgan fingerprint density at radius 3 is 2.57 bits per heavy atom. The van der Waals surface area contributed by atoms with Crippen molar-refractivity contribution < 1.29 is 4.79 Å². The van der Waals surface area contributed by atoms with Gasteiger partial charge >= 0.3 is 0 Å². The second-order valence-electron chi connectivity index (χ2n) is 6.20. The van der Waals surface area contributed by atoms with Crippen LogP contribution in [0.1, 0.15) is 27.7 Å². The van der Waals surface area contributed by atoms with Crippen LogP contribution < -0.4 is 16.2 Å². The number of nitrogens with one attached hydrogen (secondary N) is 3. The number of rotatable bonds is 3. The van der Waals surface area contributed by atoms with Crippen molar-refractivity contribution in [2.24, 2.45) is 0 Å². The number of hydrogen-bond donors (Lipinski definition) is 3. The van der Waals surface area contributed by atoms with Gasteiger partial charge in [0, 0.05) is 10.9 Å². The standard InChI is InChI=1S/C16H21N3O2/c1-10(14(20)19-16(2,3)4)17-13-9-11-7-5-6-8-12(11)15(21)18-13/h5-10H,1-4H3,(H,19,20)(H2,17,18,21). The number of aromatic nitrogens is 1. The molecule has 5 heteroatoms. The van der Waals surface area contributed by atoms with Crippen molar-refractivity contribution in [2.75, 3.05) is 5.32 Å². The molecular weight excluding hydrogens is 266 g/mol. The summed E-state index contributed by atoms with van der Waals surface area (Å²) in [5.41, 5.74) is -0.455. The van der Waals surface area contributed by atoms with Crippen LogP contribution >= 0.6 is 0 Å². The van der Waals surface area contributed by atoms with Crippen molar-refractivity contribution in [1.29, 1.82) is 0 Å². The molecule has 0 saturated carbocycles. The largest absolute Gasteiger partial charge is 0.360 e. The summed E-state index contributed by atoms with van der Waals surface area (Å²) in [5.74, 6) is 0.423. The first-order chi connectivity index (χ1) is 9.76. The summed E-state index contributed by atoms with van der Waals surface area (Å²) >= 11 is 0. The van der Waals surface area contributed by atoms with E-state index in [0.717, 1.165) is 5.39 Å². The lowest BCUT2D eigenvalue weighted by Gasteiger charge is -2.24. The molecular formula is C16H21N3O2. The van der Waals surface area contributed by atoms with Gasteiger partial charge in [-0.05, 0) is 45.2 Å². The Balaban J connectivity index is 2.20. The zero-order valence-electron chi connectivity index (χ0n) is 12.8. The molecule has 2 aromatic rings. The molecule has 1 aromatic heterocycles. The summed E-state index contributed by atoms with van der Waals surface area (Å²) < 4.78 is 0. The number of H-pyrrole nitrogens is 1. The summed E-state index contributed by atoms with van der Waals surface area (Å²) in [5, 5.41) is 7.40. The highest BCUT2D eigenvalue weighted by atomic mass is 16.2. The third kappa shape index (κ3) is 3.84.